The summed E-state index contributed by atoms with van der Waals surface area (Å²) in [5.74, 6) is -0.0614. The molecule has 4 heteroatoms. The van der Waals surface area contributed by atoms with Crippen LogP contribution in [0.1, 0.15) is 26.3 Å². The van der Waals surface area contributed by atoms with Gasteiger partial charge in [0.1, 0.15) is 0 Å². The van der Waals surface area contributed by atoms with Gasteiger partial charge in [0.25, 0.3) is 0 Å². The molecule has 0 aliphatic carbocycles. The Bertz CT molecular complexity index is 1620. The third kappa shape index (κ3) is 11.3. The number of benzene rings is 5. The second-order valence-corrected chi connectivity index (χ2v) is 13.2. The second-order valence-electron chi connectivity index (χ2n) is 11.0. The monoisotopic (exact) mass is 649 g/mol. The number of hydrogen-bond donors (Lipinski definition) is 0. The van der Waals surface area contributed by atoms with E-state index in [4.69, 9.17) is 0 Å². The van der Waals surface area contributed by atoms with Gasteiger partial charge in [-0.3, -0.25) is 0 Å². The van der Waals surface area contributed by atoms with E-state index in [1.54, 1.807) is 18.2 Å². The van der Waals surface area contributed by atoms with E-state index in [0.29, 0.717) is 5.36 Å². The normalized spacial score (nSPS) is 10.8. The molecule has 45 heavy (non-hydrogen) atoms. The van der Waals surface area contributed by atoms with Crippen molar-refractivity contribution < 1.29 is 21.6 Å². The number of hydrogen-bond acceptors (Lipinski definition) is 2. The van der Waals surface area contributed by atoms with Crippen molar-refractivity contribution in [2.75, 3.05) is 0 Å². The van der Waals surface area contributed by atoms with Crippen LogP contribution >= 0.6 is 7.92 Å². The molecule has 0 amide bonds. The molecule has 0 atom stereocenters. The molecular weight excluding hydrogens is 612 g/mol. The fourth-order valence-corrected chi connectivity index (χ4v) is 6.77. The van der Waals surface area contributed by atoms with Crippen molar-refractivity contribution in [2.24, 2.45) is 4.99 Å². The molecule has 0 radical (unpaired) electrons. The minimum atomic E-state index is -0.446. The molecule has 0 N–H and O–H groups in total. The summed E-state index contributed by atoms with van der Waals surface area (Å²) in [5, 5.41) is 16.6. The van der Waals surface area contributed by atoms with Gasteiger partial charge in [0.05, 0.1) is 11.0 Å². The van der Waals surface area contributed by atoms with Gasteiger partial charge in [0.2, 0.25) is 0 Å². The molecule has 6 aromatic carbocycles. The number of para-hydroxylation sites is 1. The predicted octanol–water partition coefficient (Wildman–Crippen LogP) is 8.22. The van der Waals surface area contributed by atoms with Crippen LogP contribution < -0.4 is 26.4 Å². The van der Waals surface area contributed by atoms with E-state index in [-0.39, 0.29) is 27.7 Å². The summed E-state index contributed by atoms with van der Waals surface area (Å²) in [6, 6.07) is 61.5. The molecule has 2 nitrogen and oxygen atoms in total. The largest absolute Gasteiger partial charge is 2.00 e. The third-order valence-electron chi connectivity index (χ3n) is 6.58. The Kier molecular flexibility index (Phi) is 14.5. The summed E-state index contributed by atoms with van der Waals surface area (Å²) in [5.41, 5.74) is 2.00. The van der Waals surface area contributed by atoms with Crippen LogP contribution in [0.3, 0.4) is 0 Å². The van der Waals surface area contributed by atoms with E-state index < -0.39 is 7.92 Å². The van der Waals surface area contributed by atoms with E-state index in [0.717, 1.165) is 11.3 Å². The van der Waals surface area contributed by atoms with E-state index in [1.165, 1.54) is 15.9 Å². The fourth-order valence-electron chi connectivity index (χ4n) is 4.47. The third-order valence-corrected chi connectivity index (χ3v) is 9.02. The molecule has 0 aliphatic rings. The summed E-state index contributed by atoms with van der Waals surface area (Å²) < 4.78 is 0. The Hall–Kier alpha value is -4.29. The quantitative estimate of drug-likeness (QED) is 0.108. The maximum atomic E-state index is 11.9. The van der Waals surface area contributed by atoms with Crippen molar-refractivity contribution in [2.45, 2.75) is 26.2 Å². The zero-order valence-electron chi connectivity index (χ0n) is 25.9. The number of nitrogens with zero attached hydrogens (tertiary/aromatic N) is 1. The molecular formula is C41H38NNiOP. The molecule has 0 spiro atoms. The van der Waals surface area contributed by atoms with Crippen LogP contribution in [0.25, 0.3) is 0 Å². The van der Waals surface area contributed by atoms with Gasteiger partial charge in [0.15, 0.2) is 0 Å². The Morgan fingerprint density at radius 3 is 1.33 bits per heavy atom. The molecule has 0 heterocycles. The smallest absolute Gasteiger partial charge is 0.871 e. The van der Waals surface area contributed by atoms with Gasteiger partial charge in [-0.2, -0.15) is 36.4 Å². The average Bonchev–Trinajstić information content (AvgIpc) is 3.27. The Balaban J connectivity index is 0.000000203. The molecule has 0 unspecified atom stereocenters. The van der Waals surface area contributed by atoms with E-state index in [2.05, 4.69) is 129 Å². The predicted molar refractivity (Wildman–Crippen MR) is 187 cm³/mol. The van der Waals surface area contributed by atoms with Crippen LogP contribution in [-0.2, 0) is 21.9 Å². The van der Waals surface area contributed by atoms with Gasteiger partial charge < -0.3 is 5.11 Å². The summed E-state index contributed by atoms with van der Waals surface area (Å²) >= 11 is 0. The molecule has 6 rings (SSSR count). The zero-order chi connectivity index (χ0) is 31.0. The summed E-state index contributed by atoms with van der Waals surface area (Å²) in [4.78, 5) is 4.53. The van der Waals surface area contributed by atoms with Crippen LogP contribution in [0.5, 0.6) is 5.75 Å². The standard InChI is InChI=1S/C18H15P.C17H19NO.C6H5.Ni/c1-4-10-16(11-5-1)19(17-12-6-2-7-13-17)18-14-8-3-9-15-18;1-17(2,3)13-9-7-8-10-14(13)18-15-11-5-4-6-12-16(15)19;1-2-4-6-5-3-1;/h1-15H;4-12H,1-3H3,(H,18,19);1-5H;/q;;-1;+2/p-1. The van der Waals surface area contributed by atoms with Crippen molar-refractivity contribution in [3.63, 3.8) is 0 Å². The maximum absolute atomic E-state index is 11.9. The average molecular weight is 650 g/mol. The number of rotatable bonds is 4. The Morgan fingerprint density at radius 2 is 0.911 bits per heavy atom. The molecule has 0 bridgehead atoms. The molecule has 0 aromatic heterocycles. The topological polar surface area (TPSA) is 35.4 Å². The van der Waals surface area contributed by atoms with Gasteiger partial charge in [-0.15, -0.1) is 0 Å². The Morgan fingerprint density at radius 1 is 0.511 bits per heavy atom. The van der Waals surface area contributed by atoms with Crippen LogP contribution in [0.4, 0.5) is 5.69 Å². The van der Waals surface area contributed by atoms with Crippen LogP contribution in [0.2, 0.25) is 0 Å². The fraction of sp³-hybridized carbons (Fsp3) is 0.0976. The van der Waals surface area contributed by atoms with Crippen LogP contribution in [-0.4, -0.2) is 0 Å². The molecule has 6 aromatic rings. The first kappa shape index (κ1) is 35.2. The first-order valence-electron chi connectivity index (χ1n) is 14.7. The molecule has 0 fully saturated rings. The SMILES string of the molecule is CC(C)(C)c1ccccc1N=c1cccccc1[O-].[Ni+2].[c-]1ccccc1.c1ccc(P(c2ccccc2)c2ccccc2)cc1. The molecule has 0 saturated carbocycles. The first-order chi connectivity index (χ1) is 21.4. The van der Waals surface area contributed by atoms with Crippen LogP contribution in [0.15, 0.2) is 181 Å². The molecule has 228 valence electrons. The van der Waals surface area contributed by atoms with Gasteiger partial charge in [0, 0.05) is 0 Å². The zero-order valence-corrected chi connectivity index (χ0v) is 27.7. The second kappa shape index (κ2) is 18.5. The van der Waals surface area contributed by atoms with Gasteiger partial charge in [-0.05, 0) is 46.9 Å². The van der Waals surface area contributed by atoms with E-state index in [9.17, 15) is 5.11 Å². The van der Waals surface area contributed by atoms with E-state index >= 15 is 0 Å². The van der Waals surface area contributed by atoms with Crippen LogP contribution in [0, 0.1) is 6.07 Å². The minimum Gasteiger partial charge on any atom is -0.871 e. The molecule has 0 saturated heterocycles. The Labute approximate surface area is 279 Å². The minimum absolute atomic E-state index is 0. The van der Waals surface area contributed by atoms with Crippen molar-refractivity contribution in [3.05, 3.63) is 193 Å². The van der Waals surface area contributed by atoms with Crippen molar-refractivity contribution in [3.8, 4) is 5.75 Å². The van der Waals surface area contributed by atoms with Gasteiger partial charge >= 0.3 is 16.5 Å². The van der Waals surface area contributed by atoms with Crippen molar-refractivity contribution in [1.29, 1.82) is 0 Å². The van der Waals surface area contributed by atoms with Gasteiger partial charge in [-0.25, -0.2) is 4.99 Å². The maximum Gasteiger partial charge on any atom is 2.00 e. The first-order valence-corrected chi connectivity index (χ1v) is 16.0. The van der Waals surface area contributed by atoms with E-state index in [1.807, 2.05) is 60.7 Å². The summed E-state index contributed by atoms with van der Waals surface area (Å²) in [6.07, 6.45) is 0. The van der Waals surface area contributed by atoms with Crippen molar-refractivity contribution >= 4 is 29.5 Å². The van der Waals surface area contributed by atoms with Crippen molar-refractivity contribution in [1.82, 2.24) is 0 Å². The van der Waals surface area contributed by atoms with Gasteiger partial charge in [-0.1, -0.05) is 160 Å². The summed E-state index contributed by atoms with van der Waals surface area (Å²) in [7, 11) is -0.446. The summed E-state index contributed by atoms with van der Waals surface area (Å²) in [6.45, 7) is 6.43. The molecule has 0 aliphatic heterocycles.